The van der Waals surface area contributed by atoms with Crippen LogP contribution in [-0.2, 0) is 19.2 Å². The van der Waals surface area contributed by atoms with E-state index in [1.807, 2.05) is 13.8 Å². The third-order valence-corrected chi connectivity index (χ3v) is 5.01. The molecule has 0 rings (SSSR count). The summed E-state index contributed by atoms with van der Waals surface area (Å²) in [4.78, 5) is 49.7. The zero-order valence-corrected chi connectivity index (χ0v) is 20.6. The molecule has 11 N–H and O–H groups in total. The first-order chi connectivity index (χ1) is 15.7. The van der Waals surface area contributed by atoms with E-state index in [1.54, 1.807) is 13.8 Å². The van der Waals surface area contributed by atoms with Gasteiger partial charge in [-0.25, -0.2) is 4.79 Å². The number of carbonyl (C=O) groups excluding carboxylic acids is 3. The Morgan fingerprint density at radius 1 is 0.912 bits per heavy atom. The van der Waals surface area contributed by atoms with Gasteiger partial charge >= 0.3 is 5.97 Å². The van der Waals surface area contributed by atoms with E-state index in [1.165, 1.54) is 6.92 Å². The Morgan fingerprint density at radius 2 is 1.47 bits per heavy atom. The largest absolute Gasteiger partial charge is 0.480 e. The van der Waals surface area contributed by atoms with Crippen molar-refractivity contribution in [2.24, 2.45) is 23.3 Å². The Balaban J connectivity index is 5.36. The number of guanidine groups is 1. The molecule has 0 aromatic rings. The summed E-state index contributed by atoms with van der Waals surface area (Å²) >= 11 is 0. The van der Waals surface area contributed by atoms with Crippen molar-refractivity contribution in [3.63, 3.8) is 0 Å². The quantitative estimate of drug-likeness (QED) is 0.0719. The second-order valence-electron chi connectivity index (χ2n) is 9.07. The second-order valence-corrected chi connectivity index (χ2v) is 9.07. The molecular weight excluding hydrogens is 446 g/mol. The summed E-state index contributed by atoms with van der Waals surface area (Å²) in [5.74, 6) is -3.83. The van der Waals surface area contributed by atoms with Crippen LogP contribution in [-0.4, -0.2) is 76.7 Å². The zero-order chi connectivity index (χ0) is 26.6. The monoisotopic (exact) mass is 487 g/mol. The van der Waals surface area contributed by atoms with Gasteiger partial charge in [-0.15, -0.1) is 0 Å². The normalized spacial score (nSPS) is 15.6. The van der Waals surface area contributed by atoms with Gasteiger partial charge in [0.25, 0.3) is 0 Å². The number of amides is 3. The first-order valence-electron chi connectivity index (χ1n) is 11.3. The number of hydrogen-bond acceptors (Lipinski definition) is 7. The summed E-state index contributed by atoms with van der Waals surface area (Å²) in [6, 6.07) is -4.48. The first kappa shape index (κ1) is 31.1. The SMILES string of the molecule is CC(C)C[C@H](NC(=O)[C@@H](NC(=O)[C@@H](N)C(C)O)C(C)C)C(=O)N[C@@H](CCCNC(=N)N)C(=O)O. The number of aliphatic carboxylic acids is 1. The molecule has 0 heterocycles. The van der Waals surface area contributed by atoms with Crippen LogP contribution in [0, 0.1) is 17.2 Å². The predicted molar refractivity (Wildman–Crippen MR) is 127 cm³/mol. The first-order valence-corrected chi connectivity index (χ1v) is 11.3. The summed E-state index contributed by atoms with van der Waals surface area (Å²) in [6.07, 6.45) is -0.454. The molecule has 13 heteroatoms. The molecule has 0 spiro atoms. The fourth-order valence-corrected chi connectivity index (χ4v) is 3.03. The third kappa shape index (κ3) is 11.8. The molecule has 0 aromatic carbocycles. The summed E-state index contributed by atoms with van der Waals surface area (Å²) in [6.45, 7) is 8.71. The van der Waals surface area contributed by atoms with E-state index in [0.717, 1.165) is 0 Å². The molecule has 0 aliphatic carbocycles. The maximum Gasteiger partial charge on any atom is 0.326 e. The molecule has 0 fully saturated rings. The molecule has 34 heavy (non-hydrogen) atoms. The predicted octanol–water partition coefficient (Wildman–Crippen LogP) is -1.80. The van der Waals surface area contributed by atoms with Crippen molar-refractivity contribution in [3.8, 4) is 0 Å². The van der Waals surface area contributed by atoms with Gasteiger partial charge in [-0.05, 0) is 38.0 Å². The van der Waals surface area contributed by atoms with Gasteiger partial charge in [0.15, 0.2) is 5.96 Å². The van der Waals surface area contributed by atoms with Crippen molar-refractivity contribution in [1.29, 1.82) is 5.41 Å². The van der Waals surface area contributed by atoms with E-state index in [9.17, 15) is 29.4 Å². The lowest BCUT2D eigenvalue weighted by Gasteiger charge is -2.28. The average molecular weight is 488 g/mol. The van der Waals surface area contributed by atoms with Crippen LogP contribution in [0.5, 0.6) is 0 Å². The molecule has 0 saturated heterocycles. The molecule has 0 saturated carbocycles. The highest BCUT2D eigenvalue weighted by Crippen LogP contribution is 2.09. The topological polar surface area (TPSA) is 233 Å². The number of carbonyl (C=O) groups is 4. The smallest absolute Gasteiger partial charge is 0.326 e. The van der Waals surface area contributed by atoms with Gasteiger partial charge in [0.2, 0.25) is 17.7 Å². The van der Waals surface area contributed by atoms with E-state index in [0.29, 0.717) is 6.42 Å². The number of carboxylic acid groups (broad SMARTS) is 1. The lowest BCUT2D eigenvalue weighted by atomic mass is 9.99. The third-order valence-electron chi connectivity index (χ3n) is 5.01. The number of rotatable bonds is 15. The highest BCUT2D eigenvalue weighted by Gasteiger charge is 2.32. The molecule has 13 nitrogen and oxygen atoms in total. The fraction of sp³-hybridized carbons (Fsp3) is 0.762. The number of nitrogens with one attached hydrogen (secondary N) is 5. The molecule has 5 atom stereocenters. The Labute approximate surface area is 200 Å². The summed E-state index contributed by atoms with van der Waals surface area (Å²) < 4.78 is 0. The van der Waals surface area contributed by atoms with Crippen LogP contribution < -0.4 is 32.7 Å². The van der Waals surface area contributed by atoms with E-state index in [-0.39, 0.29) is 37.2 Å². The molecular formula is C21H41N7O6. The van der Waals surface area contributed by atoms with Crippen molar-refractivity contribution in [2.75, 3.05) is 6.54 Å². The Bertz CT molecular complexity index is 714. The minimum Gasteiger partial charge on any atom is -0.480 e. The minimum atomic E-state index is -1.23. The van der Waals surface area contributed by atoms with Gasteiger partial charge in [0.1, 0.15) is 24.2 Å². The van der Waals surface area contributed by atoms with Gasteiger partial charge in [0.05, 0.1) is 6.10 Å². The van der Waals surface area contributed by atoms with Crippen molar-refractivity contribution in [2.45, 2.75) is 84.2 Å². The van der Waals surface area contributed by atoms with Crippen molar-refractivity contribution < 1.29 is 29.4 Å². The van der Waals surface area contributed by atoms with Crippen LogP contribution in [0.4, 0.5) is 0 Å². The Kier molecular flexibility index (Phi) is 13.8. The van der Waals surface area contributed by atoms with Gasteiger partial charge in [0, 0.05) is 6.54 Å². The highest BCUT2D eigenvalue weighted by atomic mass is 16.4. The number of aliphatic hydroxyl groups is 1. The molecule has 1 unspecified atom stereocenters. The van der Waals surface area contributed by atoms with Crippen LogP contribution in [0.25, 0.3) is 0 Å². The summed E-state index contributed by atoms with van der Waals surface area (Å²) in [5, 5.41) is 36.2. The van der Waals surface area contributed by atoms with Crippen molar-refractivity contribution >= 4 is 29.7 Å². The Morgan fingerprint density at radius 3 is 1.91 bits per heavy atom. The standard InChI is InChI=1S/C21H41N7O6/c1-10(2)9-14(17(30)26-13(20(33)34)7-6-8-25-21(23)24)27-19(32)16(11(3)4)28-18(31)15(22)12(5)29/h10-16,29H,6-9,22H2,1-5H3,(H,26,30)(H,27,32)(H,28,31)(H,33,34)(H4,23,24,25)/t12?,13-,14-,15-,16-/m0/s1. The summed E-state index contributed by atoms with van der Waals surface area (Å²) in [7, 11) is 0. The number of carboxylic acids is 1. The lowest BCUT2D eigenvalue weighted by molar-refractivity contribution is -0.142. The molecule has 196 valence electrons. The zero-order valence-electron chi connectivity index (χ0n) is 20.6. The lowest BCUT2D eigenvalue weighted by Crippen LogP contribution is -2.59. The molecule has 0 radical (unpaired) electrons. The van der Waals surface area contributed by atoms with Gasteiger partial charge < -0.3 is 42.9 Å². The maximum atomic E-state index is 12.9. The average Bonchev–Trinajstić information content (AvgIpc) is 2.71. The van der Waals surface area contributed by atoms with E-state index in [4.69, 9.17) is 16.9 Å². The highest BCUT2D eigenvalue weighted by molar-refractivity contribution is 5.94. The molecule has 0 aliphatic heterocycles. The van der Waals surface area contributed by atoms with E-state index >= 15 is 0 Å². The van der Waals surface area contributed by atoms with Crippen LogP contribution in [0.2, 0.25) is 0 Å². The number of nitrogens with two attached hydrogens (primary N) is 2. The van der Waals surface area contributed by atoms with Gasteiger partial charge in [-0.1, -0.05) is 27.7 Å². The van der Waals surface area contributed by atoms with Gasteiger partial charge in [-0.3, -0.25) is 19.8 Å². The molecule has 0 aliphatic rings. The minimum absolute atomic E-state index is 0.00477. The number of aliphatic hydroxyl groups excluding tert-OH is 1. The molecule has 0 bridgehead atoms. The van der Waals surface area contributed by atoms with Crippen molar-refractivity contribution in [3.05, 3.63) is 0 Å². The maximum absolute atomic E-state index is 12.9. The van der Waals surface area contributed by atoms with Crippen LogP contribution >= 0.6 is 0 Å². The fourth-order valence-electron chi connectivity index (χ4n) is 3.03. The van der Waals surface area contributed by atoms with Gasteiger partial charge in [-0.2, -0.15) is 0 Å². The number of hydrogen-bond donors (Lipinski definition) is 9. The van der Waals surface area contributed by atoms with Crippen LogP contribution in [0.15, 0.2) is 0 Å². The van der Waals surface area contributed by atoms with Crippen LogP contribution in [0.3, 0.4) is 0 Å². The van der Waals surface area contributed by atoms with Crippen LogP contribution in [0.1, 0.15) is 53.9 Å². The van der Waals surface area contributed by atoms with E-state index < -0.39 is 54.0 Å². The Hall–Kier alpha value is -2.93. The summed E-state index contributed by atoms with van der Waals surface area (Å²) in [5.41, 5.74) is 10.8. The second kappa shape index (κ2) is 15.1. The molecule has 3 amide bonds. The molecule has 0 aromatic heterocycles. The van der Waals surface area contributed by atoms with E-state index in [2.05, 4.69) is 21.3 Å². The van der Waals surface area contributed by atoms with Crippen molar-refractivity contribution in [1.82, 2.24) is 21.3 Å².